The van der Waals surface area contributed by atoms with E-state index in [-0.39, 0.29) is 5.91 Å². The second-order valence-electron chi connectivity index (χ2n) is 7.21. The standard InChI is InChI=1S/C19H24N4O3S/c1-25-14-7-13(8-15(9-14)26-2)18-21-19(23-22-18)27-10-17(24)20-16-6-11-3-4-12(16)5-11/h7-9,11-12,16H,3-6,10H2,1-2H3,(H,20,24)(H,21,22,23). The minimum absolute atomic E-state index is 0.0620. The van der Waals surface area contributed by atoms with Gasteiger partial charge in [-0.15, -0.1) is 5.10 Å². The predicted molar refractivity (Wildman–Crippen MR) is 103 cm³/mol. The number of H-pyrrole nitrogens is 1. The minimum Gasteiger partial charge on any atom is -0.497 e. The van der Waals surface area contributed by atoms with Gasteiger partial charge in [0.15, 0.2) is 5.82 Å². The van der Waals surface area contributed by atoms with Crippen molar-refractivity contribution in [2.75, 3.05) is 20.0 Å². The predicted octanol–water partition coefficient (Wildman–Crippen LogP) is 2.89. The lowest BCUT2D eigenvalue weighted by Gasteiger charge is -2.22. The van der Waals surface area contributed by atoms with Crippen LogP contribution in [0.3, 0.4) is 0 Å². The molecule has 0 spiro atoms. The Morgan fingerprint density at radius 1 is 1.22 bits per heavy atom. The second kappa shape index (κ2) is 7.80. The number of amides is 1. The molecule has 1 amide bonds. The number of benzene rings is 1. The molecule has 144 valence electrons. The molecule has 0 aliphatic heterocycles. The maximum Gasteiger partial charge on any atom is 0.230 e. The quantitative estimate of drug-likeness (QED) is 0.709. The highest BCUT2D eigenvalue weighted by molar-refractivity contribution is 7.99. The van der Waals surface area contributed by atoms with Crippen LogP contribution in [0.15, 0.2) is 23.4 Å². The number of ether oxygens (including phenoxy) is 2. The average molecular weight is 388 g/mol. The Labute approximate surface area is 162 Å². The van der Waals surface area contributed by atoms with Gasteiger partial charge < -0.3 is 14.8 Å². The van der Waals surface area contributed by atoms with E-state index in [1.54, 1.807) is 20.3 Å². The smallest absolute Gasteiger partial charge is 0.230 e. The van der Waals surface area contributed by atoms with E-state index in [2.05, 4.69) is 20.5 Å². The number of methoxy groups -OCH3 is 2. The number of aromatic amines is 1. The fourth-order valence-corrected chi connectivity index (χ4v) is 4.79. The van der Waals surface area contributed by atoms with Crippen LogP contribution in [-0.2, 0) is 4.79 Å². The van der Waals surface area contributed by atoms with E-state index in [0.29, 0.717) is 40.2 Å². The van der Waals surface area contributed by atoms with E-state index in [0.717, 1.165) is 17.9 Å². The van der Waals surface area contributed by atoms with Gasteiger partial charge in [-0.25, -0.2) is 4.98 Å². The summed E-state index contributed by atoms with van der Waals surface area (Å²) >= 11 is 1.34. The van der Waals surface area contributed by atoms with Gasteiger partial charge in [0.25, 0.3) is 0 Å². The SMILES string of the molecule is COc1cc(OC)cc(-c2nc(SCC(=O)NC3CC4CCC3C4)n[nH]2)c1. The van der Waals surface area contributed by atoms with Gasteiger partial charge in [0, 0.05) is 17.7 Å². The molecule has 3 atom stereocenters. The summed E-state index contributed by atoms with van der Waals surface area (Å²) < 4.78 is 10.6. The Morgan fingerprint density at radius 2 is 2.00 bits per heavy atom. The first-order chi connectivity index (χ1) is 13.1. The van der Waals surface area contributed by atoms with Gasteiger partial charge in [0.2, 0.25) is 11.1 Å². The fourth-order valence-electron chi connectivity index (χ4n) is 4.18. The van der Waals surface area contributed by atoms with E-state index in [9.17, 15) is 4.79 Å². The van der Waals surface area contributed by atoms with Gasteiger partial charge in [-0.3, -0.25) is 9.89 Å². The van der Waals surface area contributed by atoms with Crippen LogP contribution < -0.4 is 14.8 Å². The highest BCUT2D eigenvalue weighted by atomic mass is 32.2. The molecule has 3 unspecified atom stereocenters. The number of thioether (sulfide) groups is 1. The summed E-state index contributed by atoms with van der Waals surface area (Å²) in [7, 11) is 3.21. The van der Waals surface area contributed by atoms with Crippen molar-refractivity contribution in [1.82, 2.24) is 20.5 Å². The number of carbonyl (C=O) groups is 1. The van der Waals surface area contributed by atoms with Crippen molar-refractivity contribution in [2.45, 2.75) is 36.9 Å². The molecule has 0 saturated heterocycles. The average Bonchev–Trinajstić information content (AvgIpc) is 3.42. The largest absolute Gasteiger partial charge is 0.497 e. The van der Waals surface area contributed by atoms with E-state index >= 15 is 0 Å². The van der Waals surface area contributed by atoms with E-state index in [1.807, 2.05) is 12.1 Å². The molecule has 2 saturated carbocycles. The maximum atomic E-state index is 12.3. The first kappa shape index (κ1) is 18.2. The van der Waals surface area contributed by atoms with Gasteiger partial charge in [-0.2, -0.15) is 0 Å². The number of hydrogen-bond donors (Lipinski definition) is 2. The Morgan fingerprint density at radius 3 is 2.63 bits per heavy atom. The zero-order valence-electron chi connectivity index (χ0n) is 15.5. The van der Waals surface area contributed by atoms with Crippen LogP contribution in [0.25, 0.3) is 11.4 Å². The highest BCUT2D eigenvalue weighted by Gasteiger charge is 2.40. The summed E-state index contributed by atoms with van der Waals surface area (Å²) in [5.41, 5.74) is 0.817. The molecule has 27 heavy (non-hydrogen) atoms. The summed E-state index contributed by atoms with van der Waals surface area (Å²) in [5.74, 6) is 3.87. The van der Waals surface area contributed by atoms with Crippen molar-refractivity contribution in [1.29, 1.82) is 0 Å². The van der Waals surface area contributed by atoms with Crippen molar-refractivity contribution in [3.8, 4) is 22.9 Å². The molecule has 2 aliphatic carbocycles. The molecule has 2 aliphatic rings. The van der Waals surface area contributed by atoms with Crippen molar-refractivity contribution < 1.29 is 14.3 Å². The van der Waals surface area contributed by atoms with Gasteiger partial charge in [0.05, 0.1) is 20.0 Å². The number of rotatable bonds is 7. The molecule has 0 radical (unpaired) electrons. The summed E-state index contributed by atoms with van der Waals surface area (Å²) in [6.45, 7) is 0. The lowest BCUT2D eigenvalue weighted by Crippen LogP contribution is -2.39. The van der Waals surface area contributed by atoms with Gasteiger partial charge in [0.1, 0.15) is 11.5 Å². The van der Waals surface area contributed by atoms with Crippen molar-refractivity contribution in [3.05, 3.63) is 18.2 Å². The summed E-state index contributed by atoms with van der Waals surface area (Å²) in [6.07, 6.45) is 5.02. The summed E-state index contributed by atoms with van der Waals surface area (Å²) in [6, 6.07) is 5.89. The monoisotopic (exact) mass is 388 g/mol. The van der Waals surface area contributed by atoms with Crippen LogP contribution in [0.4, 0.5) is 0 Å². The van der Waals surface area contributed by atoms with E-state index < -0.39 is 0 Å². The summed E-state index contributed by atoms with van der Waals surface area (Å²) in [4.78, 5) is 16.7. The second-order valence-corrected chi connectivity index (χ2v) is 8.15. The molecule has 1 aromatic heterocycles. The molecule has 7 nitrogen and oxygen atoms in total. The zero-order valence-corrected chi connectivity index (χ0v) is 16.3. The molecule has 1 aromatic carbocycles. The third-order valence-electron chi connectivity index (χ3n) is 5.51. The number of hydrogen-bond acceptors (Lipinski definition) is 6. The molecule has 4 rings (SSSR count). The van der Waals surface area contributed by atoms with Gasteiger partial charge >= 0.3 is 0 Å². The van der Waals surface area contributed by atoms with Crippen LogP contribution in [0, 0.1) is 11.8 Å². The Balaban J connectivity index is 1.35. The molecule has 2 bridgehead atoms. The first-order valence-corrected chi connectivity index (χ1v) is 10.2. The molecule has 1 heterocycles. The van der Waals surface area contributed by atoms with Crippen LogP contribution >= 0.6 is 11.8 Å². The third-order valence-corrected chi connectivity index (χ3v) is 6.35. The molecule has 2 fully saturated rings. The van der Waals surface area contributed by atoms with Crippen molar-refractivity contribution in [3.63, 3.8) is 0 Å². The Kier molecular flexibility index (Phi) is 5.24. The van der Waals surface area contributed by atoms with Crippen molar-refractivity contribution >= 4 is 17.7 Å². The van der Waals surface area contributed by atoms with Gasteiger partial charge in [-0.1, -0.05) is 18.2 Å². The molecular formula is C19H24N4O3S. The third kappa shape index (κ3) is 4.05. The number of aromatic nitrogens is 3. The van der Waals surface area contributed by atoms with Crippen LogP contribution in [0.5, 0.6) is 11.5 Å². The highest BCUT2D eigenvalue weighted by Crippen LogP contribution is 2.44. The fraction of sp³-hybridized carbons (Fsp3) is 0.526. The normalized spacial score (nSPS) is 23.4. The molecule has 2 N–H and O–H groups in total. The summed E-state index contributed by atoms with van der Waals surface area (Å²) in [5, 5.41) is 10.9. The number of carbonyl (C=O) groups excluding carboxylic acids is 1. The number of fused-ring (bicyclic) bond motifs is 2. The van der Waals surface area contributed by atoms with Crippen LogP contribution in [0.2, 0.25) is 0 Å². The molecular weight excluding hydrogens is 364 g/mol. The number of nitrogens with one attached hydrogen (secondary N) is 2. The topological polar surface area (TPSA) is 89.1 Å². The lowest BCUT2D eigenvalue weighted by molar-refractivity contribution is -0.119. The minimum atomic E-state index is 0.0620. The van der Waals surface area contributed by atoms with Crippen LogP contribution in [0.1, 0.15) is 25.7 Å². The molecule has 2 aromatic rings. The Bertz CT molecular complexity index is 803. The van der Waals surface area contributed by atoms with Gasteiger partial charge in [-0.05, 0) is 43.2 Å². The first-order valence-electron chi connectivity index (χ1n) is 9.22. The van der Waals surface area contributed by atoms with E-state index in [4.69, 9.17) is 9.47 Å². The lowest BCUT2D eigenvalue weighted by atomic mass is 9.95. The van der Waals surface area contributed by atoms with E-state index in [1.165, 1.54) is 31.0 Å². The molecule has 8 heteroatoms. The van der Waals surface area contributed by atoms with Crippen molar-refractivity contribution in [2.24, 2.45) is 11.8 Å². The Hall–Kier alpha value is -2.22. The van der Waals surface area contributed by atoms with Crippen LogP contribution in [-0.4, -0.2) is 47.1 Å². The zero-order chi connectivity index (χ0) is 18.8. The number of nitrogens with zero attached hydrogens (tertiary/aromatic N) is 2. The maximum absolute atomic E-state index is 12.3.